The first-order valence-electron chi connectivity index (χ1n) is 7.06. The zero-order valence-electron chi connectivity index (χ0n) is 11.5. The highest BCUT2D eigenvalue weighted by molar-refractivity contribution is 5.30. The Bertz CT molecular complexity index is 413. The zero-order chi connectivity index (χ0) is 12.6. The van der Waals surface area contributed by atoms with Crippen molar-refractivity contribution in [1.82, 2.24) is 5.32 Å². The van der Waals surface area contributed by atoms with E-state index in [0.717, 1.165) is 13.0 Å². The van der Waals surface area contributed by atoms with Crippen LogP contribution in [0.1, 0.15) is 43.7 Å². The van der Waals surface area contributed by atoms with Crippen LogP contribution >= 0.6 is 0 Å². The largest absolute Gasteiger partial charge is 0.378 e. The second-order valence-corrected chi connectivity index (χ2v) is 6.12. The van der Waals surface area contributed by atoms with Crippen molar-refractivity contribution in [2.45, 2.75) is 50.2 Å². The molecule has 1 unspecified atom stereocenters. The summed E-state index contributed by atoms with van der Waals surface area (Å²) in [5.41, 5.74) is 3.18. The van der Waals surface area contributed by atoms with Crippen molar-refractivity contribution in [1.29, 1.82) is 0 Å². The lowest BCUT2D eigenvalue weighted by Gasteiger charge is -2.25. The van der Waals surface area contributed by atoms with Crippen LogP contribution in [0.15, 0.2) is 24.3 Å². The Morgan fingerprint density at radius 2 is 1.89 bits per heavy atom. The normalized spacial score (nSPS) is 29.4. The van der Waals surface area contributed by atoms with Gasteiger partial charge in [-0.1, -0.05) is 24.3 Å². The molecule has 0 bridgehead atoms. The molecular formula is C16H23NO. The van der Waals surface area contributed by atoms with Gasteiger partial charge in [-0.3, -0.25) is 0 Å². The third-order valence-electron chi connectivity index (χ3n) is 4.73. The van der Waals surface area contributed by atoms with Gasteiger partial charge in [-0.2, -0.15) is 0 Å². The zero-order valence-corrected chi connectivity index (χ0v) is 11.5. The summed E-state index contributed by atoms with van der Waals surface area (Å²) < 4.78 is 5.59. The maximum absolute atomic E-state index is 5.59. The molecule has 1 saturated carbocycles. The van der Waals surface area contributed by atoms with Crippen molar-refractivity contribution in [2.75, 3.05) is 13.7 Å². The molecule has 1 aromatic carbocycles. The van der Waals surface area contributed by atoms with Gasteiger partial charge in [0.2, 0.25) is 0 Å². The van der Waals surface area contributed by atoms with Crippen LogP contribution in [0, 0.1) is 0 Å². The summed E-state index contributed by atoms with van der Waals surface area (Å²) in [7, 11) is 1.84. The molecule has 0 aromatic heterocycles. The van der Waals surface area contributed by atoms with E-state index in [1.165, 1.54) is 36.8 Å². The van der Waals surface area contributed by atoms with Crippen LogP contribution in [0.3, 0.4) is 0 Å². The number of rotatable bonds is 4. The van der Waals surface area contributed by atoms with Gasteiger partial charge in [-0.25, -0.2) is 0 Å². The molecule has 2 heteroatoms. The Morgan fingerprint density at radius 1 is 1.17 bits per heavy atom. The predicted octanol–water partition coefficient (Wildman–Crippen LogP) is 3.01. The maximum atomic E-state index is 5.59. The molecule has 1 aromatic rings. The number of hydrogen-bond donors (Lipinski definition) is 1. The van der Waals surface area contributed by atoms with E-state index in [-0.39, 0.29) is 11.1 Å². The van der Waals surface area contributed by atoms with Gasteiger partial charge in [0, 0.05) is 19.1 Å². The minimum Gasteiger partial charge on any atom is -0.378 e. The molecule has 2 fully saturated rings. The van der Waals surface area contributed by atoms with Crippen molar-refractivity contribution >= 4 is 0 Å². The summed E-state index contributed by atoms with van der Waals surface area (Å²) >= 11 is 0. The summed E-state index contributed by atoms with van der Waals surface area (Å²) in [4.78, 5) is 0. The quantitative estimate of drug-likeness (QED) is 0.880. The van der Waals surface area contributed by atoms with Crippen LogP contribution in [0.5, 0.6) is 0 Å². The highest BCUT2D eigenvalue weighted by atomic mass is 16.5. The Labute approximate surface area is 110 Å². The molecule has 2 nitrogen and oxygen atoms in total. The minimum absolute atomic E-state index is 0.164. The molecule has 1 aliphatic carbocycles. The van der Waals surface area contributed by atoms with Crippen molar-refractivity contribution in [3.8, 4) is 0 Å². The Morgan fingerprint density at radius 3 is 2.39 bits per heavy atom. The van der Waals surface area contributed by atoms with Gasteiger partial charge < -0.3 is 10.1 Å². The van der Waals surface area contributed by atoms with E-state index in [0.29, 0.717) is 0 Å². The standard InChI is InChI=1S/C16H23NO/c1-15(8-3-11-17-15)14-6-4-13(5-7-14)12-16(18-2)9-10-16/h4-7,17H,3,8-12H2,1-2H3. The molecule has 0 amide bonds. The Balaban J connectivity index is 1.73. The summed E-state index contributed by atoms with van der Waals surface area (Å²) in [6, 6.07) is 9.14. The predicted molar refractivity (Wildman–Crippen MR) is 73.7 cm³/mol. The van der Waals surface area contributed by atoms with E-state index >= 15 is 0 Å². The van der Waals surface area contributed by atoms with Crippen LogP contribution in [0.2, 0.25) is 0 Å². The number of methoxy groups -OCH3 is 1. The summed E-state index contributed by atoms with van der Waals surface area (Å²) in [6.07, 6.45) is 6.02. The maximum Gasteiger partial charge on any atom is 0.0721 e. The molecule has 2 aliphatic rings. The smallest absolute Gasteiger partial charge is 0.0721 e. The van der Waals surface area contributed by atoms with E-state index in [2.05, 4.69) is 36.5 Å². The molecule has 1 N–H and O–H groups in total. The molecule has 0 spiro atoms. The SMILES string of the molecule is COC1(Cc2ccc(C3(C)CCCN3)cc2)CC1. The lowest BCUT2D eigenvalue weighted by Crippen LogP contribution is -2.33. The van der Waals surface area contributed by atoms with Gasteiger partial charge in [0.25, 0.3) is 0 Å². The average molecular weight is 245 g/mol. The molecular weight excluding hydrogens is 222 g/mol. The first-order chi connectivity index (χ1) is 8.66. The lowest BCUT2D eigenvalue weighted by molar-refractivity contribution is 0.0807. The fourth-order valence-corrected chi connectivity index (χ4v) is 3.10. The van der Waals surface area contributed by atoms with Crippen molar-refractivity contribution in [3.05, 3.63) is 35.4 Å². The van der Waals surface area contributed by atoms with Gasteiger partial charge in [0.1, 0.15) is 0 Å². The molecule has 3 rings (SSSR count). The monoisotopic (exact) mass is 245 g/mol. The van der Waals surface area contributed by atoms with E-state index in [4.69, 9.17) is 4.74 Å². The van der Waals surface area contributed by atoms with Crippen LogP contribution in [-0.4, -0.2) is 19.3 Å². The molecule has 1 atom stereocenters. The van der Waals surface area contributed by atoms with E-state index < -0.39 is 0 Å². The van der Waals surface area contributed by atoms with Crippen LogP contribution < -0.4 is 5.32 Å². The van der Waals surface area contributed by atoms with Crippen LogP contribution in [0.25, 0.3) is 0 Å². The third kappa shape index (κ3) is 2.19. The van der Waals surface area contributed by atoms with Gasteiger partial charge in [-0.05, 0) is 50.3 Å². The highest BCUT2D eigenvalue weighted by Gasteiger charge is 2.42. The number of hydrogen-bond acceptors (Lipinski definition) is 2. The van der Waals surface area contributed by atoms with Gasteiger partial charge in [0.15, 0.2) is 0 Å². The summed E-state index contributed by atoms with van der Waals surface area (Å²) in [5.74, 6) is 0. The van der Waals surface area contributed by atoms with Gasteiger partial charge in [-0.15, -0.1) is 0 Å². The fraction of sp³-hybridized carbons (Fsp3) is 0.625. The van der Waals surface area contributed by atoms with E-state index in [9.17, 15) is 0 Å². The Kier molecular flexibility index (Phi) is 2.95. The van der Waals surface area contributed by atoms with Gasteiger partial charge in [0.05, 0.1) is 5.60 Å². The second-order valence-electron chi connectivity index (χ2n) is 6.12. The van der Waals surface area contributed by atoms with Crippen LogP contribution in [0.4, 0.5) is 0 Å². The topological polar surface area (TPSA) is 21.3 Å². The number of benzene rings is 1. The van der Waals surface area contributed by atoms with Crippen molar-refractivity contribution in [3.63, 3.8) is 0 Å². The molecule has 1 aliphatic heterocycles. The van der Waals surface area contributed by atoms with Crippen LogP contribution in [-0.2, 0) is 16.7 Å². The number of ether oxygens (including phenoxy) is 1. The first kappa shape index (κ1) is 12.2. The van der Waals surface area contributed by atoms with Crippen molar-refractivity contribution in [2.24, 2.45) is 0 Å². The third-order valence-corrected chi connectivity index (χ3v) is 4.73. The summed E-state index contributed by atoms with van der Waals surface area (Å²) in [6.45, 7) is 3.46. The second kappa shape index (κ2) is 4.36. The highest BCUT2D eigenvalue weighted by Crippen LogP contribution is 2.42. The minimum atomic E-state index is 0.164. The molecule has 1 heterocycles. The number of nitrogens with one attached hydrogen (secondary N) is 1. The molecule has 18 heavy (non-hydrogen) atoms. The van der Waals surface area contributed by atoms with Crippen molar-refractivity contribution < 1.29 is 4.74 Å². The van der Waals surface area contributed by atoms with E-state index in [1.54, 1.807) is 0 Å². The molecule has 98 valence electrons. The fourth-order valence-electron chi connectivity index (χ4n) is 3.10. The summed E-state index contributed by atoms with van der Waals surface area (Å²) in [5, 5.41) is 3.62. The van der Waals surface area contributed by atoms with E-state index in [1.807, 2.05) is 7.11 Å². The molecule has 1 saturated heterocycles. The average Bonchev–Trinajstić information content (AvgIpc) is 3.03. The first-order valence-corrected chi connectivity index (χ1v) is 7.06. The Hall–Kier alpha value is -0.860. The van der Waals surface area contributed by atoms with Gasteiger partial charge >= 0.3 is 0 Å². The lowest BCUT2D eigenvalue weighted by atomic mass is 9.89. The molecule has 0 radical (unpaired) electrons.